The summed E-state index contributed by atoms with van der Waals surface area (Å²) in [7, 11) is 2.99. The summed E-state index contributed by atoms with van der Waals surface area (Å²) in [6.45, 7) is 0.499. The van der Waals surface area contributed by atoms with Crippen LogP contribution in [0.25, 0.3) is 0 Å². The van der Waals surface area contributed by atoms with Crippen LogP contribution in [0.15, 0.2) is 82.9 Å². The zero-order valence-corrected chi connectivity index (χ0v) is 21.0. The molecule has 0 unspecified atom stereocenters. The third-order valence-corrected chi connectivity index (χ3v) is 6.15. The molecule has 10 heteroatoms. The molecule has 0 aliphatic rings. The molecule has 2 heterocycles. The predicted molar refractivity (Wildman–Crippen MR) is 144 cm³/mol. The Labute approximate surface area is 219 Å². The van der Waals surface area contributed by atoms with Crippen molar-refractivity contribution in [2.45, 2.75) is 18.9 Å². The highest BCUT2D eigenvalue weighted by molar-refractivity contribution is 6.04. The van der Waals surface area contributed by atoms with Crippen molar-refractivity contribution < 1.29 is 14.3 Å². The van der Waals surface area contributed by atoms with Crippen LogP contribution in [0.2, 0.25) is 0 Å². The molecule has 0 saturated heterocycles. The van der Waals surface area contributed by atoms with E-state index in [-0.39, 0.29) is 23.7 Å². The number of methoxy groups -OCH3 is 1. The molecular weight excluding hydrogens is 486 g/mol. The van der Waals surface area contributed by atoms with E-state index in [1.54, 1.807) is 60.7 Å². The predicted octanol–water partition coefficient (Wildman–Crippen LogP) is 2.20. The van der Waals surface area contributed by atoms with Crippen LogP contribution in [-0.2, 0) is 22.4 Å². The van der Waals surface area contributed by atoms with Gasteiger partial charge in [0.2, 0.25) is 0 Å². The largest absolute Gasteiger partial charge is 0.467 e. The number of amides is 1. The molecule has 10 nitrogen and oxygen atoms in total. The Morgan fingerprint density at radius 3 is 2.16 bits per heavy atom. The number of benzene rings is 1. The van der Waals surface area contributed by atoms with Crippen molar-refractivity contribution in [3.8, 4) is 0 Å². The lowest BCUT2D eigenvalue weighted by molar-refractivity contribution is -0.141. The van der Waals surface area contributed by atoms with Crippen molar-refractivity contribution in [2.24, 2.45) is 0 Å². The first-order chi connectivity index (χ1) is 18.4. The fourth-order valence-corrected chi connectivity index (χ4v) is 4.01. The second kappa shape index (κ2) is 11.9. The van der Waals surface area contributed by atoms with Crippen molar-refractivity contribution in [3.05, 3.63) is 110 Å². The van der Waals surface area contributed by atoms with E-state index in [4.69, 9.17) is 4.74 Å². The molecule has 0 radical (unpaired) electrons. The maximum atomic E-state index is 12.6. The van der Waals surface area contributed by atoms with Crippen molar-refractivity contribution >= 4 is 28.9 Å². The minimum absolute atomic E-state index is 0.101. The van der Waals surface area contributed by atoms with E-state index < -0.39 is 22.9 Å². The first-order valence-corrected chi connectivity index (χ1v) is 12.0. The number of hydrogen-bond acceptors (Lipinski definition) is 9. The van der Waals surface area contributed by atoms with Crippen LogP contribution in [0.5, 0.6) is 0 Å². The summed E-state index contributed by atoms with van der Waals surface area (Å²) in [5.74, 6) is -0.839. The average molecular weight is 514 g/mol. The van der Waals surface area contributed by atoms with Gasteiger partial charge in [0.15, 0.2) is 0 Å². The summed E-state index contributed by atoms with van der Waals surface area (Å²) in [5, 5.41) is 5.74. The summed E-state index contributed by atoms with van der Waals surface area (Å²) in [5.41, 5.74) is 1.96. The highest BCUT2D eigenvalue weighted by atomic mass is 16.5. The Hall–Kier alpha value is -4.86. The second-order valence-corrected chi connectivity index (χ2v) is 8.72. The number of carbonyl (C=O) groups is 2. The lowest BCUT2D eigenvalue weighted by Crippen LogP contribution is -2.45. The van der Waals surface area contributed by atoms with Crippen LogP contribution in [0.3, 0.4) is 0 Å². The highest BCUT2D eigenvalue weighted by Gasteiger charge is 2.29. The molecule has 0 saturated carbocycles. The normalized spacial score (nSPS) is 11.5. The molecule has 2 N–H and O–H groups in total. The summed E-state index contributed by atoms with van der Waals surface area (Å²) in [6, 6.07) is 13.1. The summed E-state index contributed by atoms with van der Waals surface area (Å²) >= 11 is 0. The molecule has 2 aromatic carbocycles. The Kier molecular flexibility index (Phi) is 8.22. The van der Waals surface area contributed by atoms with Gasteiger partial charge in [0.25, 0.3) is 16.8 Å². The van der Waals surface area contributed by atoms with E-state index in [0.717, 1.165) is 11.1 Å². The SMILES string of the molecule is COC(=O)[C@H](Cc1ccc(NC(=O)c2ccncc2)cc1)Nc1c(N(C)CCc2ccncc2)c(=O)c1=O. The number of anilines is 3. The van der Waals surface area contributed by atoms with Crippen molar-refractivity contribution in [1.82, 2.24) is 9.97 Å². The van der Waals surface area contributed by atoms with Gasteiger partial charge in [0, 0.05) is 56.1 Å². The molecule has 1 atom stereocenters. The number of nitrogens with one attached hydrogen (secondary N) is 2. The number of ether oxygens (including phenoxy) is 1. The molecule has 4 rings (SSSR count). The van der Waals surface area contributed by atoms with Gasteiger partial charge < -0.3 is 20.3 Å². The first-order valence-electron chi connectivity index (χ1n) is 12.0. The zero-order chi connectivity index (χ0) is 27.1. The zero-order valence-electron chi connectivity index (χ0n) is 21.0. The summed E-state index contributed by atoms with van der Waals surface area (Å²) < 4.78 is 4.94. The minimum atomic E-state index is -0.895. The molecule has 194 valence electrons. The van der Waals surface area contributed by atoms with E-state index in [1.807, 2.05) is 12.1 Å². The minimum Gasteiger partial charge on any atom is -0.467 e. The quantitative estimate of drug-likeness (QED) is 0.229. The van der Waals surface area contributed by atoms with E-state index in [0.29, 0.717) is 24.2 Å². The third-order valence-electron chi connectivity index (χ3n) is 6.15. The number of carbonyl (C=O) groups excluding carboxylic acids is 2. The Balaban J connectivity index is 1.43. The third kappa shape index (κ3) is 6.09. The fourth-order valence-electron chi connectivity index (χ4n) is 4.01. The Morgan fingerprint density at radius 1 is 0.895 bits per heavy atom. The van der Waals surface area contributed by atoms with Crippen LogP contribution < -0.4 is 26.4 Å². The van der Waals surface area contributed by atoms with Crippen LogP contribution in [0.1, 0.15) is 21.5 Å². The number of aromatic nitrogens is 2. The van der Waals surface area contributed by atoms with E-state index >= 15 is 0 Å². The smallest absolute Gasteiger partial charge is 0.328 e. The van der Waals surface area contributed by atoms with Crippen LogP contribution in [-0.4, -0.2) is 48.6 Å². The van der Waals surface area contributed by atoms with Gasteiger partial charge in [-0.05, 0) is 53.9 Å². The van der Waals surface area contributed by atoms with Crippen molar-refractivity contribution in [3.63, 3.8) is 0 Å². The summed E-state index contributed by atoms with van der Waals surface area (Å²) in [4.78, 5) is 59.3. The first kappa shape index (κ1) is 26.2. The van der Waals surface area contributed by atoms with E-state index in [1.165, 1.54) is 19.5 Å². The van der Waals surface area contributed by atoms with Gasteiger partial charge in [-0.15, -0.1) is 0 Å². The van der Waals surface area contributed by atoms with Gasteiger partial charge >= 0.3 is 5.97 Å². The monoisotopic (exact) mass is 513 g/mol. The topological polar surface area (TPSA) is 131 Å². The van der Waals surface area contributed by atoms with Gasteiger partial charge in [0.05, 0.1) is 7.11 Å². The number of esters is 1. The van der Waals surface area contributed by atoms with Crippen molar-refractivity contribution in [2.75, 3.05) is 36.2 Å². The van der Waals surface area contributed by atoms with Gasteiger partial charge in [0.1, 0.15) is 17.4 Å². The fraction of sp³-hybridized carbons (Fsp3) is 0.214. The molecule has 1 amide bonds. The van der Waals surface area contributed by atoms with Crippen LogP contribution in [0, 0.1) is 0 Å². The van der Waals surface area contributed by atoms with E-state index in [9.17, 15) is 19.2 Å². The molecular formula is C28H27N5O5. The maximum absolute atomic E-state index is 12.6. The van der Waals surface area contributed by atoms with Gasteiger partial charge in [-0.25, -0.2) is 4.79 Å². The molecule has 2 aromatic heterocycles. The van der Waals surface area contributed by atoms with E-state index in [2.05, 4.69) is 20.6 Å². The second-order valence-electron chi connectivity index (χ2n) is 8.72. The van der Waals surface area contributed by atoms with Gasteiger partial charge in [-0.2, -0.15) is 0 Å². The van der Waals surface area contributed by atoms with Gasteiger partial charge in [-0.3, -0.25) is 24.4 Å². The Morgan fingerprint density at radius 2 is 1.53 bits per heavy atom. The number of pyridine rings is 2. The molecule has 0 fully saturated rings. The van der Waals surface area contributed by atoms with Gasteiger partial charge in [-0.1, -0.05) is 12.1 Å². The number of nitrogens with zero attached hydrogens (tertiary/aromatic N) is 3. The summed E-state index contributed by atoms with van der Waals surface area (Å²) in [6.07, 6.45) is 7.33. The molecule has 0 aliphatic heterocycles. The highest BCUT2D eigenvalue weighted by Crippen LogP contribution is 2.22. The lowest BCUT2D eigenvalue weighted by Gasteiger charge is -2.26. The molecule has 38 heavy (non-hydrogen) atoms. The molecule has 0 bridgehead atoms. The number of rotatable bonds is 11. The van der Waals surface area contributed by atoms with Crippen LogP contribution >= 0.6 is 0 Å². The van der Waals surface area contributed by atoms with Crippen LogP contribution in [0.4, 0.5) is 17.1 Å². The molecule has 4 aromatic rings. The standard InChI is InChI=1S/C28H27N5O5/c1-33(16-11-18-7-12-29-13-8-18)24-23(25(34)26(24)35)32-22(28(37)38-2)17-19-3-5-21(6-4-19)31-27(36)20-9-14-30-15-10-20/h3-10,12-15,22,32H,11,16-17H2,1-2H3,(H,31,36)/t22-/m0/s1. The number of likely N-dealkylation sites (N-methyl/N-ethyl adjacent to an activating group) is 1. The lowest BCUT2D eigenvalue weighted by atomic mass is 10.0. The Bertz CT molecular complexity index is 1470. The average Bonchev–Trinajstić information content (AvgIpc) is 2.96. The number of hydrogen-bond donors (Lipinski definition) is 2. The molecule has 0 spiro atoms. The van der Waals surface area contributed by atoms with Crippen molar-refractivity contribution in [1.29, 1.82) is 0 Å². The maximum Gasteiger partial charge on any atom is 0.328 e. The molecule has 0 aliphatic carbocycles.